The third-order valence-corrected chi connectivity index (χ3v) is 3.15. The lowest BCUT2D eigenvalue weighted by Gasteiger charge is -2.10. The van der Waals surface area contributed by atoms with Crippen LogP contribution in [0.5, 0.6) is 5.75 Å². The van der Waals surface area contributed by atoms with Gasteiger partial charge in [-0.05, 0) is 48.9 Å². The topological polar surface area (TPSA) is 55.4 Å². The fourth-order valence-corrected chi connectivity index (χ4v) is 2.03. The van der Waals surface area contributed by atoms with E-state index in [2.05, 4.69) is 5.32 Å². The van der Waals surface area contributed by atoms with Gasteiger partial charge in [0.2, 0.25) is 0 Å². The quantitative estimate of drug-likeness (QED) is 0.856. The molecular weight excluding hydrogens is 309 g/mol. The Hall–Kier alpha value is -2.40. The molecule has 0 aliphatic carbocycles. The fourth-order valence-electron chi connectivity index (χ4n) is 1.80. The molecule has 1 amide bonds. The molecule has 6 heteroatoms. The molecule has 0 saturated heterocycles. The van der Waals surface area contributed by atoms with Gasteiger partial charge in [-0.3, -0.25) is 9.59 Å². The predicted octanol–water partition coefficient (Wildman–Crippen LogP) is 3.62. The Balaban J connectivity index is 1.96. The zero-order valence-corrected chi connectivity index (χ0v) is 12.5. The third kappa shape index (κ3) is 4.05. The molecule has 22 heavy (non-hydrogen) atoms. The molecule has 0 aliphatic rings. The van der Waals surface area contributed by atoms with Crippen molar-refractivity contribution in [2.75, 3.05) is 11.9 Å². The number of carbonyl (C=O) groups is 2. The van der Waals surface area contributed by atoms with Gasteiger partial charge < -0.3 is 10.1 Å². The lowest BCUT2D eigenvalue weighted by atomic mass is 10.2. The first-order chi connectivity index (χ1) is 10.5. The number of aryl methyl sites for hydroxylation is 1. The summed E-state index contributed by atoms with van der Waals surface area (Å²) in [6.07, 6.45) is 0.531. The molecule has 1 N–H and O–H groups in total. The molecule has 0 aromatic heterocycles. The molecule has 0 radical (unpaired) electrons. The smallest absolute Gasteiger partial charge is 0.262 e. The van der Waals surface area contributed by atoms with E-state index in [0.717, 1.165) is 11.6 Å². The molecule has 0 saturated carbocycles. The second-order valence-corrected chi connectivity index (χ2v) is 5.04. The summed E-state index contributed by atoms with van der Waals surface area (Å²) in [6.45, 7) is 1.46. The van der Waals surface area contributed by atoms with Crippen molar-refractivity contribution in [3.8, 4) is 5.75 Å². The Morgan fingerprint density at radius 3 is 2.73 bits per heavy atom. The number of hydrogen-bond donors (Lipinski definition) is 1. The lowest BCUT2D eigenvalue weighted by Crippen LogP contribution is -2.21. The van der Waals surface area contributed by atoms with Crippen molar-refractivity contribution in [2.24, 2.45) is 0 Å². The minimum absolute atomic E-state index is 0.0893. The van der Waals surface area contributed by atoms with Crippen molar-refractivity contribution in [3.05, 3.63) is 58.4 Å². The summed E-state index contributed by atoms with van der Waals surface area (Å²) in [6, 6.07) is 8.81. The Morgan fingerprint density at radius 1 is 1.32 bits per heavy atom. The first-order valence-corrected chi connectivity index (χ1v) is 6.81. The van der Waals surface area contributed by atoms with Gasteiger partial charge in [0, 0.05) is 16.3 Å². The van der Waals surface area contributed by atoms with E-state index in [1.807, 2.05) is 0 Å². The van der Waals surface area contributed by atoms with Crippen molar-refractivity contribution in [1.29, 1.82) is 0 Å². The second-order valence-electron chi connectivity index (χ2n) is 4.60. The molecule has 0 aliphatic heterocycles. The number of anilines is 1. The molecule has 2 aromatic rings. The fraction of sp³-hybridized carbons (Fsp3) is 0.125. The summed E-state index contributed by atoms with van der Waals surface area (Å²) < 4.78 is 18.7. The van der Waals surface area contributed by atoms with Crippen LogP contribution in [0.15, 0.2) is 36.4 Å². The van der Waals surface area contributed by atoms with Crippen LogP contribution in [-0.4, -0.2) is 18.8 Å². The summed E-state index contributed by atoms with van der Waals surface area (Å²) in [5.74, 6) is -1.21. The van der Waals surface area contributed by atoms with Gasteiger partial charge in [-0.25, -0.2) is 4.39 Å². The number of aldehydes is 1. The molecule has 2 rings (SSSR count). The average Bonchev–Trinajstić information content (AvgIpc) is 2.48. The Bertz CT molecular complexity index is 719. The van der Waals surface area contributed by atoms with Crippen LogP contribution in [0.1, 0.15) is 15.9 Å². The lowest BCUT2D eigenvalue weighted by molar-refractivity contribution is -0.118. The standard InChI is InChI=1S/C16H13ClFNO3/c1-10-6-12(17)3-4-14(10)19-16(21)9-22-15-5-2-11(8-20)7-13(15)18/h2-8H,9H2,1H3,(H,19,21). The molecule has 0 bridgehead atoms. The zero-order valence-electron chi connectivity index (χ0n) is 11.7. The molecule has 114 valence electrons. The van der Waals surface area contributed by atoms with Gasteiger partial charge >= 0.3 is 0 Å². The Morgan fingerprint density at radius 2 is 2.09 bits per heavy atom. The van der Waals surface area contributed by atoms with Gasteiger partial charge in [-0.2, -0.15) is 0 Å². The van der Waals surface area contributed by atoms with Crippen LogP contribution in [0.4, 0.5) is 10.1 Å². The van der Waals surface area contributed by atoms with E-state index in [1.165, 1.54) is 12.1 Å². The van der Waals surface area contributed by atoms with E-state index < -0.39 is 11.7 Å². The number of amides is 1. The summed E-state index contributed by atoms with van der Waals surface area (Å²) in [7, 11) is 0. The largest absolute Gasteiger partial charge is 0.481 e. The highest BCUT2D eigenvalue weighted by molar-refractivity contribution is 6.30. The number of rotatable bonds is 5. The van der Waals surface area contributed by atoms with Crippen LogP contribution in [0.25, 0.3) is 0 Å². The predicted molar refractivity (Wildman–Crippen MR) is 82.1 cm³/mol. The van der Waals surface area contributed by atoms with Crippen LogP contribution >= 0.6 is 11.6 Å². The molecule has 0 spiro atoms. The maximum absolute atomic E-state index is 13.6. The molecule has 0 fully saturated rings. The molecule has 2 aromatic carbocycles. The number of hydrogen-bond acceptors (Lipinski definition) is 3. The molecule has 0 unspecified atom stereocenters. The zero-order chi connectivity index (χ0) is 16.1. The van der Waals surface area contributed by atoms with Crippen molar-refractivity contribution in [2.45, 2.75) is 6.92 Å². The number of halogens is 2. The number of nitrogens with one attached hydrogen (secondary N) is 1. The summed E-state index contributed by atoms with van der Waals surface area (Å²) >= 11 is 5.83. The Labute approximate surface area is 131 Å². The normalized spacial score (nSPS) is 10.1. The van der Waals surface area contributed by atoms with Crippen LogP contribution in [0, 0.1) is 12.7 Å². The molecule has 0 atom stereocenters. The SMILES string of the molecule is Cc1cc(Cl)ccc1NC(=O)COc1ccc(C=O)cc1F. The first kappa shape index (κ1) is 16.0. The number of carbonyl (C=O) groups excluding carboxylic acids is 2. The maximum Gasteiger partial charge on any atom is 0.262 e. The average molecular weight is 322 g/mol. The van der Waals surface area contributed by atoms with E-state index in [-0.39, 0.29) is 17.9 Å². The van der Waals surface area contributed by atoms with Gasteiger partial charge in [0.1, 0.15) is 6.29 Å². The second kappa shape index (κ2) is 7.04. The number of ether oxygens (including phenoxy) is 1. The van der Waals surface area contributed by atoms with Crippen LogP contribution in [0.3, 0.4) is 0 Å². The van der Waals surface area contributed by atoms with E-state index in [9.17, 15) is 14.0 Å². The third-order valence-electron chi connectivity index (χ3n) is 2.91. The Kier molecular flexibility index (Phi) is 5.12. The monoisotopic (exact) mass is 321 g/mol. The van der Waals surface area contributed by atoms with E-state index in [0.29, 0.717) is 17.0 Å². The minimum atomic E-state index is -0.694. The molecule has 4 nitrogen and oxygen atoms in total. The summed E-state index contributed by atoms with van der Waals surface area (Å²) in [5, 5.41) is 3.22. The first-order valence-electron chi connectivity index (χ1n) is 6.43. The maximum atomic E-state index is 13.6. The van der Waals surface area contributed by atoms with Crippen LogP contribution < -0.4 is 10.1 Å². The minimum Gasteiger partial charge on any atom is -0.481 e. The highest BCUT2D eigenvalue weighted by Crippen LogP contribution is 2.20. The van der Waals surface area contributed by atoms with Crippen molar-refractivity contribution in [1.82, 2.24) is 0 Å². The van der Waals surface area contributed by atoms with Crippen molar-refractivity contribution in [3.63, 3.8) is 0 Å². The van der Waals surface area contributed by atoms with Gasteiger partial charge in [-0.1, -0.05) is 11.6 Å². The van der Waals surface area contributed by atoms with Gasteiger partial charge in [0.25, 0.3) is 5.91 Å². The molecule has 0 heterocycles. The van der Waals surface area contributed by atoms with Gasteiger partial charge in [0.15, 0.2) is 18.2 Å². The van der Waals surface area contributed by atoms with Crippen molar-refractivity contribution < 1.29 is 18.7 Å². The van der Waals surface area contributed by atoms with E-state index in [1.54, 1.807) is 25.1 Å². The highest BCUT2D eigenvalue weighted by atomic mass is 35.5. The molecular formula is C16H13ClFNO3. The number of benzene rings is 2. The van der Waals surface area contributed by atoms with Crippen molar-refractivity contribution >= 4 is 29.5 Å². The van der Waals surface area contributed by atoms with E-state index >= 15 is 0 Å². The highest BCUT2D eigenvalue weighted by Gasteiger charge is 2.09. The van der Waals surface area contributed by atoms with Crippen LogP contribution in [-0.2, 0) is 4.79 Å². The van der Waals surface area contributed by atoms with Gasteiger partial charge in [0.05, 0.1) is 0 Å². The summed E-state index contributed by atoms with van der Waals surface area (Å²) in [4.78, 5) is 22.3. The summed E-state index contributed by atoms with van der Waals surface area (Å²) in [5.41, 5.74) is 1.61. The van der Waals surface area contributed by atoms with Crippen LogP contribution in [0.2, 0.25) is 5.02 Å². The van der Waals surface area contributed by atoms with E-state index in [4.69, 9.17) is 16.3 Å². The van der Waals surface area contributed by atoms with Gasteiger partial charge in [-0.15, -0.1) is 0 Å².